The predicted octanol–water partition coefficient (Wildman–Crippen LogP) is 1.53. The quantitative estimate of drug-likeness (QED) is 0.639. The number of aromatic nitrogens is 2. The monoisotopic (exact) mass is 309 g/mol. The first-order chi connectivity index (χ1) is 9.78. The molecule has 20 heavy (non-hydrogen) atoms. The van der Waals surface area contributed by atoms with Crippen molar-refractivity contribution in [3.05, 3.63) is 16.2 Å². The molecule has 1 fully saturated rings. The smallest absolute Gasteiger partial charge is 0.224 e. The summed E-state index contributed by atoms with van der Waals surface area (Å²) in [5, 5.41) is 9.00. The number of halogens is 1. The summed E-state index contributed by atoms with van der Waals surface area (Å²) in [4.78, 5) is 11.6. The molecule has 0 amide bonds. The van der Waals surface area contributed by atoms with Crippen LogP contribution in [0.25, 0.3) is 10.2 Å². The summed E-state index contributed by atoms with van der Waals surface area (Å²) >= 11 is 7.52. The number of fused-ring (bicyclic) bond motifs is 1. The molecule has 0 spiro atoms. The van der Waals surface area contributed by atoms with Crippen molar-refractivity contribution in [3.8, 4) is 11.8 Å². The van der Waals surface area contributed by atoms with Crippen LogP contribution in [0.4, 0.5) is 5.82 Å². The second-order valence-electron chi connectivity index (χ2n) is 4.20. The third-order valence-corrected chi connectivity index (χ3v) is 4.13. The molecule has 104 valence electrons. The zero-order chi connectivity index (χ0) is 13.9. The van der Waals surface area contributed by atoms with Crippen molar-refractivity contribution >= 4 is 39.0 Å². The van der Waals surface area contributed by atoms with Crippen LogP contribution in [0.1, 0.15) is 4.88 Å². The highest BCUT2D eigenvalue weighted by molar-refractivity contribution is 7.20. The summed E-state index contributed by atoms with van der Waals surface area (Å²) in [6.07, 6.45) is 0. The van der Waals surface area contributed by atoms with Gasteiger partial charge in [0.25, 0.3) is 0 Å². The van der Waals surface area contributed by atoms with Crippen molar-refractivity contribution in [1.82, 2.24) is 9.97 Å². The first-order valence-electron chi connectivity index (χ1n) is 6.17. The van der Waals surface area contributed by atoms with Crippen molar-refractivity contribution < 1.29 is 9.84 Å². The molecule has 2 aromatic heterocycles. The fourth-order valence-corrected chi connectivity index (χ4v) is 3.22. The van der Waals surface area contributed by atoms with Gasteiger partial charge in [-0.2, -0.15) is 4.98 Å². The Hall–Kier alpha value is -1.39. The number of hydrogen-bond acceptors (Lipinski definition) is 6. The van der Waals surface area contributed by atoms with Crippen LogP contribution in [0.5, 0.6) is 0 Å². The van der Waals surface area contributed by atoms with Crippen LogP contribution in [-0.4, -0.2) is 48.0 Å². The van der Waals surface area contributed by atoms with Crippen molar-refractivity contribution in [2.24, 2.45) is 0 Å². The number of nitrogens with zero attached hydrogens (tertiary/aromatic N) is 3. The van der Waals surface area contributed by atoms with Crippen molar-refractivity contribution in [1.29, 1.82) is 0 Å². The van der Waals surface area contributed by atoms with E-state index in [1.54, 1.807) is 0 Å². The highest BCUT2D eigenvalue weighted by Gasteiger charge is 2.18. The van der Waals surface area contributed by atoms with E-state index in [0.29, 0.717) is 13.2 Å². The van der Waals surface area contributed by atoms with E-state index >= 15 is 0 Å². The maximum atomic E-state index is 8.76. The summed E-state index contributed by atoms with van der Waals surface area (Å²) in [6.45, 7) is 2.80. The van der Waals surface area contributed by atoms with Gasteiger partial charge in [-0.1, -0.05) is 11.8 Å². The van der Waals surface area contributed by atoms with Gasteiger partial charge in [0.05, 0.1) is 28.3 Å². The molecule has 5 nitrogen and oxygen atoms in total. The van der Waals surface area contributed by atoms with Gasteiger partial charge in [-0.05, 0) is 17.7 Å². The highest BCUT2D eigenvalue weighted by Crippen LogP contribution is 2.32. The molecule has 0 bridgehead atoms. The van der Waals surface area contributed by atoms with Gasteiger partial charge >= 0.3 is 0 Å². The van der Waals surface area contributed by atoms with E-state index in [0.717, 1.165) is 34.0 Å². The minimum atomic E-state index is -0.156. The van der Waals surface area contributed by atoms with E-state index in [2.05, 4.69) is 26.7 Å². The average Bonchev–Trinajstić information content (AvgIpc) is 2.87. The fourth-order valence-electron chi connectivity index (χ4n) is 2.06. The third kappa shape index (κ3) is 2.72. The molecule has 0 unspecified atom stereocenters. The summed E-state index contributed by atoms with van der Waals surface area (Å²) < 4.78 is 6.33. The van der Waals surface area contributed by atoms with Gasteiger partial charge in [-0.25, -0.2) is 4.98 Å². The molecule has 1 saturated heterocycles. The Kier molecular flexibility index (Phi) is 4.03. The molecule has 3 rings (SSSR count). The molecule has 1 N–H and O–H groups in total. The van der Waals surface area contributed by atoms with E-state index < -0.39 is 0 Å². The van der Waals surface area contributed by atoms with Crippen LogP contribution in [-0.2, 0) is 4.74 Å². The molecule has 0 radical (unpaired) electrons. The van der Waals surface area contributed by atoms with Crippen LogP contribution in [0.15, 0.2) is 6.07 Å². The molecule has 0 atom stereocenters. The maximum absolute atomic E-state index is 8.76. The molecule has 1 aliphatic heterocycles. The minimum Gasteiger partial charge on any atom is -0.384 e. The third-order valence-electron chi connectivity index (χ3n) is 2.93. The first-order valence-corrected chi connectivity index (χ1v) is 7.37. The molecule has 3 heterocycles. The SMILES string of the molecule is OCC#Cc1cc2nc(Cl)nc(N3CCOCC3)c2s1. The minimum absolute atomic E-state index is 0.156. The lowest BCUT2D eigenvalue weighted by Crippen LogP contribution is -2.36. The zero-order valence-corrected chi connectivity index (χ0v) is 12.2. The normalized spacial score (nSPS) is 15.2. The summed E-state index contributed by atoms with van der Waals surface area (Å²) in [7, 11) is 0. The van der Waals surface area contributed by atoms with E-state index in [9.17, 15) is 0 Å². The van der Waals surface area contributed by atoms with E-state index in [-0.39, 0.29) is 11.9 Å². The molecule has 0 aliphatic carbocycles. The molecule has 7 heteroatoms. The number of anilines is 1. The highest BCUT2D eigenvalue weighted by atomic mass is 35.5. The standard InChI is InChI=1S/C13H12ClN3O2S/c14-13-15-10-8-9(2-1-5-18)20-11(10)12(16-13)17-3-6-19-7-4-17/h8,18H,3-7H2. The topological polar surface area (TPSA) is 58.5 Å². The summed E-state index contributed by atoms with van der Waals surface area (Å²) in [6, 6.07) is 1.88. The van der Waals surface area contributed by atoms with Gasteiger partial charge in [0, 0.05) is 13.1 Å². The Labute approximate surface area is 125 Å². The van der Waals surface area contributed by atoms with Gasteiger partial charge < -0.3 is 14.7 Å². The number of aliphatic hydroxyl groups is 1. The lowest BCUT2D eigenvalue weighted by molar-refractivity contribution is 0.122. The van der Waals surface area contributed by atoms with Crippen LogP contribution in [0.2, 0.25) is 5.28 Å². The zero-order valence-electron chi connectivity index (χ0n) is 10.6. The van der Waals surface area contributed by atoms with Crippen LogP contribution in [0.3, 0.4) is 0 Å². The second kappa shape index (κ2) is 5.94. The molecular weight excluding hydrogens is 298 g/mol. The first kappa shape index (κ1) is 13.6. The number of thiophene rings is 1. The Morgan fingerprint density at radius 1 is 1.40 bits per heavy atom. The van der Waals surface area contributed by atoms with E-state index in [1.807, 2.05) is 6.07 Å². The van der Waals surface area contributed by atoms with Crippen molar-refractivity contribution in [3.63, 3.8) is 0 Å². The number of rotatable bonds is 1. The van der Waals surface area contributed by atoms with Crippen molar-refractivity contribution in [2.45, 2.75) is 0 Å². The number of ether oxygens (including phenoxy) is 1. The Bertz CT molecular complexity index is 686. The number of hydrogen-bond donors (Lipinski definition) is 1. The number of morpholine rings is 1. The van der Waals surface area contributed by atoms with Gasteiger partial charge in [0.15, 0.2) is 5.82 Å². The summed E-state index contributed by atoms with van der Waals surface area (Å²) in [5.74, 6) is 6.38. The Balaban J connectivity index is 2.07. The van der Waals surface area contributed by atoms with Gasteiger partial charge in [-0.3, -0.25) is 0 Å². The van der Waals surface area contributed by atoms with Crippen LogP contribution >= 0.6 is 22.9 Å². The van der Waals surface area contributed by atoms with Crippen molar-refractivity contribution in [2.75, 3.05) is 37.8 Å². The molecule has 1 aliphatic rings. The molecular formula is C13H12ClN3O2S. The van der Waals surface area contributed by atoms with Gasteiger partial charge in [-0.15, -0.1) is 11.3 Å². The average molecular weight is 310 g/mol. The predicted molar refractivity (Wildman–Crippen MR) is 79.4 cm³/mol. The molecule has 0 aromatic carbocycles. The maximum Gasteiger partial charge on any atom is 0.224 e. The van der Waals surface area contributed by atoms with E-state index in [4.69, 9.17) is 21.4 Å². The molecule has 2 aromatic rings. The van der Waals surface area contributed by atoms with Gasteiger partial charge in [0.1, 0.15) is 6.61 Å². The van der Waals surface area contributed by atoms with Gasteiger partial charge in [0.2, 0.25) is 5.28 Å². The molecule has 0 saturated carbocycles. The fraction of sp³-hybridized carbons (Fsp3) is 0.385. The van der Waals surface area contributed by atoms with Crippen LogP contribution in [0, 0.1) is 11.8 Å². The number of aliphatic hydroxyl groups excluding tert-OH is 1. The Morgan fingerprint density at radius 2 is 2.20 bits per heavy atom. The Morgan fingerprint density at radius 3 is 2.95 bits per heavy atom. The lowest BCUT2D eigenvalue weighted by Gasteiger charge is -2.28. The van der Waals surface area contributed by atoms with Crippen LogP contribution < -0.4 is 4.90 Å². The van der Waals surface area contributed by atoms with E-state index in [1.165, 1.54) is 11.3 Å². The lowest BCUT2D eigenvalue weighted by atomic mass is 10.3. The summed E-state index contributed by atoms with van der Waals surface area (Å²) in [5.41, 5.74) is 0.790. The largest absolute Gasteiger partial charge is 0.384 e. The second-order valence-corrected chi connectivity index (χ2v) is 5.59.